The predicted octanol–water partition coefficient (Wildman–Crippen LogP) is 2.47. The molecule has 1 saturated heterocycles. The molecule has 2 aliphatic rings. The van der Waals surface area contributed by atoms with Gasteiger partial charge in [-0.05, 0) is 43.4 Å². The maximum Gasteiger partial charge on any atom is 0.158 e. The molecule has 4 heteroatoms. The van der Waals surface area contributed by atoms with Crippen LogP contribution in [0.4, 0.5) is 0 Å². The second kappa shape index (κ2) is 4.17. The quantitative estimate of drug-likeness (QED) is 0.852. The molecule has 1 saturated carbocycles. The number of nitrogens with zero attached hydrogens (tertiary/aromatic N) is 1. The Kier molecular flexibility index (Phi) is 2.53. The highest BCUT2D eigenvalue weighted by molar-refractivity contribution is 5.86. The van der Waals surface area contributed by atoms with Crippen molar-refractivity contribution >= 4 is 10.9 Å². The highest BCUT2D eigenvalue weighted by atomic mass is 16.6. The van der Waals surface area contributed by atoms with Crippen molar-refractivity contribution in [3.8, 4) is 5.75 Å². The van der Waals surface area contributed by atoms with Crippen molar-refractivity contribution in [3.05, 3.63) is 35.5 Å². The van der Waals surface area contributed by atoms with Crippen molar-refractivity contribution in [2.75, 3.05) is 13.2 Å². The molecule has 0 amide bonds. The highest BCUT2D eigenvalue weighted by Crippen LogP contribution is 2.59. The lowest BCUT2D eigenvalue weighted by atomic mass is 9.88. The Hall–Kier alpha value is -1.65. The fraction of sp³-hybridized carbons (Fsp3) is 0.438. The van der Waals surface area contributed by atoms with Gasteiger partial charge in [-0.2, -0.15) is 5.90 Å². The molecule has 2 atom stereocenters. The average Bonchev–Trinajstić information content (AvgIpc) is 3.21. The largest absolute Gasteiger partial charge is 0.411 e. The van der Waals surface area contributed by atoms with Crippen molar-refractivity contribution in [1.82, 2.24) is 4.98 Å². The van der Waals surface area contributed by atoms with Crippen LogP contribution in [0.5, 0.6) is 5.75 Å². The maximum absolute atomic E-state index is 5.56. The van der Waals surface area contributed by atoms with Gasteiger partial charge in [0.05, 0.1) is 12.1 Å². The zero-order valence-electron chi connectivity index (χ0n) is 11.6. The van der Waals surface area contributed by atoms with E-state index in [1.54, 1.807) is 0 Å². The fourth-order valence-electron chi connectivity index (χ4n) is 3.61. The molecule has 1 aromatic carbocycles. The third kappa shape index (κ3) is 1.65. The number of pyridine rings is 1. The summed E-state index contributed by atoms with van der Waals surface area (Å²) in [7, 11) is 0. The van der Waals surface area contributed by atoms with Crippen LogP contribution in [-0.4, -0.2) is 18.2 Å². The minimum Gasteiger partial charge on any atom is -0.411 e. The van der Waals surface area contributed by atoms with Crippen LogP contribution < -0.4 is 10.7 Å². The van der Waals surface area contributed by atoms with Gasteiger partial charge in [0.2, 0.25) is 0 Å². The molecule has 2 N–H and O–H groups in total. The number of rotatable bonds is 2. The zero-order valence-corrected chi connectivity index (χ0v) is 11.6. The topological polar surface area (TPSA) is 57.4 Å². The Bertz CT molecular complexity index is 685. The van der Waals surface area contributed by atoms with Crippen LogP contribution in [0, 0.1) is 12.8 Å². The van der Waals surface area contributed by atoms with Gasteiger partial charge in [-0.3, -0.25) is 4.98 Å². The highest BCUT2D eigenvalue weighted by Gasteiger charge is 2.56. The van der Waals surface area contributed by atoms with Gasteiger partial charge in [0.1, 0.15) is 0 Å². The van der Waals surface area contributed by atoms with Crippen LogP contribution in [0.25, 0.3) is 10.9 Å². The van der Waals surface area contributed by atoms with Gasteiger partial charge in [-0.25, -0.2) is 0 Å². The Morgan fingerprint density at radius 1 is 1.40 bits per heavy atom. The molecule has 1 aliphatic carbocycles. The molecule has 2 aromatic rings. The maximum atomic E-state index is 5.56. The SMILES string of the molecule is Cc1cc(ON)c2cc(C34CCOCC3C4)ccc2n1. The van der Waals surface area contributed by atoms with E-state index in [-0.39, 0.29) is 0 Å². The molecule has 1 aromatic heterocycles. The molecule has 0 spiro atoms. The molecule has 0 bridgehead atoms. The van der Waals surface area contributed by atoms with E-state index < -0.39 is 0 Å². The molecular weight excluding hydrogens is 252 g/mol. The van der Waals surface area contributed by atoms with Crippen LogP contribution in [0.2, 0.25) is 0 Å². The third-order valence-electron chi connectivity index (χ3n) is 4.84. The van der Waals surface area contributed by atoms with Gasteiger partial charge >= 0.3 is 0 Å². The Morgan fingerprint density at radius 2 is 2.30 bits per heavy atom. The minimum absolute atomic E-state index is 0.323. The number of ether oxygens (including phenoxy) is 1. The van der Waals surface area contributed by atoms with Gasteiger partial charge in [0.25, 0.3) is 0 Å². The molecule has 0 radical (unpaired) electrons. The summed E-state index contributed by atoms with van der Waals surface area (Å²) in [5.41, 5.74) is 3.56. The first kappa shape index (κ1) is 12.1. The van der Waals surface area contributed by atoms with Crippen LogP contribution in [-0.2, 0) is 10.2 Å². The van der Waals surface area contributed by atoms with Gasteiger partial charge in [0, 0.05) is 29.2 Å². The second-order valence-electron chi connectivity index (χ2n) is 5.99. The average molecular weight is 270 g/mol. The first-order valence-electron chi connectivity index (χ1n) is 7.09. The van der Waals surface area contributed by atoms with Crippen molar-refractivity contribution in [2.24, 2.45) is 11.8 Å². The smallest absolute Gasteiger partial charge is 0.158 e. The summed E-state index contributed by atoms with van der Waals surface area (Å²) in [4.78, 5) is 9.58. The van der Waals surface area contributed by atoms with Crippen LogP contribution >= 0.6 is 0 Å². The Labute approximate surface area is 117 Å². The summed E-state index contributed by atoms with van der Waals surface area (Å²) >= 11 is 0. The van der Waals surface area contributed by atoms with E-state index in [1.807, 2.05) is 13.0 Å². The summed E-state index contributed by atoms with van der Waals surface area (Å²) in [6, 6.07) is 8.38. The molecule has 4 rings (SSSR count). The molecule has 4 nitrogen and oxygen atoms in total. The molecule has 104 valence electrons. The summed E-state index contributed by atoms with van der Waals surface area (Å²) in [6.45, 7) is 3.70. The Balaban J connectivity index is 1.85. The summed E-state index contributed by atoms with van der Waals surface area (Å²) < 4.78 is 5.56. The molecular formula is C16H18N2O2. The lowest BCUT2D eigenvalue weighted by Crippen LogP contribution is -2.21. The first-order valence-corrected chi connectivity index (χ1v) is 7.09. The molecule has 20 heavy (non-hydrogen) atoms. The zero-order chi connectivity index (χ0) is 13.7. The van der Waals surface area contributed by atoms with Gasteiger partial charge in [-0.15, -0.1) is 0 Å². The third-order valence-corrected chi connectivity index (χ3v) is 4.84. The van der Waals surface area contributed by atoms with Crippen LogP contribution in [0.15, 0.2) is 24.3 Å². The van der Waals surface area contributed by atoms with E-state index in [0.717, 1.165) is 36.2 Å². The minimum atomic E-state index is 0.323. The molecule has 2 unspecified atom stereocenters. The number of hydrogen-bond donors (Lipinski definition) is 1. The van der Waals surface area contributed by atoms with Crippen molar-refractivity contribution in [2.45, 2.75) is 25.2 Å². The lowest BCUT2D eigenvalue weighted by molar-refractivity contribution is 0.0803. The number of nitrogens with two attached hydrogens (primary N) is 1. The predicted molar refractivity (Wildman–Crippen MR) is 76.5 cm³/mol. The number of aromatic nitrogens is 1. The number of aryl methyl sites for hydroxylation is 1. The van der Waals surface area contributed by atoms with Crippen LogP contribution in [0.1, 0.15) is 24.1 Å². The summed E-state index contributed by atoms with van der Waals surface area (Å²) in [6.07, 6.45) is 2.35. The number of benzene rings is 1. The van der Waals surface area contributed by atoms with E-state index in [9.17, 15) is 0 Å². The first-order chi connectivity index (χ1) is 9.73. The second-order valence-corrected chi connectivity index (χ2v) is 5.99. The number of fused-ring (bicyclic) bond motifs is 2. The van der Waals surface area contributed by atoms with Gasteiger partial charge < -0.3 is 9.57 Å². The fourth-order valence-corrected chi connectivity index (χ4v) is 3.61. The summed E-state index contributed by atoms with van der Waals surface area (Å²) in [5, 5.41) is 1.00. The lowest BCUT2D eigenvalue weighted by Gasteiger charge is -2.23. The van der Waals surface area contributed by atoms with Crippen molar-refractivity contribution in [1.29, 1.82) is 0 Å². The van der Waals surface area contributed by atoms with E-state index >= 15 is 0 Å². The van der Waals surface area contributed by atoms with Crippen molar-refractivity contribution in [3.63, 3.8) is 0 Å². The van der Waals surface area contributed by atoms with E-state index in [4.69, 9.17) is 15.5 Å². The van der Waals surface area contributed by atoms with Gasteiger partial charge in [-0.1, -0.05) is 6.07 Å². The monoisotopic (exact) mass is 270 g/mol. The molecule has 1 aliphatic heterocycles. The normalized spacial score (nSPS) is 28.2. The van der Waals surface area contributed by atoms with Crippen molar-refractivity contribution < 1.29 is 9.57 Å². The van der Waals surface area contributed by atoms with E-state index in [0.29, 0.717) is 17.1 Å². The Morgan fingerprint density at radius 3 is 3.10 bits per heavy atom. The molecule has 2 heterocycles. The van der Waals surface area contributed by atoms with E-state index in [1.165, 1.54) is 12.0 Å². The summed E-state index contributed by atoms with van der Waals surface area (Å²) in [5.74, 6) is 6.79. The van der Waals surface area contributed by atoms with E-state index in [2.05, 4.69) is 23.2 Å². The molecule has 2 fully saturated rings. The van der Waals surface area contributed by atoms with Crippen LogP contribution in [0.3, 0.4) is 0 Å². The standard InChI is InChI=1S/C16H18N2O2/c1-10-6-15(20-17)13-7-11(2-3-14(13)18-10)16-4-5-19-9-12(16)8-16/h2-3,6-7,12H,4-5,8-9,17H2,1H3. The number of hydrogen-bond acceptors (Lipinski definition) is 4. The van der Waals surface area contributed by atoms with Gasteiger partial charge in [0.15, 0.2) is 5.75 Å².